The molecule has 0 bridgehead atoms. The monoisotopic (exact) mass is 510 g/mol. The molecule has 4 heteroatoms. The van der Waals surface area contributed by atoms with Crippen molar-refractivity contribution in [1.82, 2.24) is 0 Å². The van der Waals surface area contributed by atoms with Crippen molar-refractivity contribution in [3.8, 4) is 0 Å². The third kappa shape index (κ3) is 5.07. The van der Waals surface area contributed by atoms with Crippen LogP contribution < -0.4 is 10.4 Å². The largest absolute Gasteiger partial charge is 0.407 e. The number of benzene rings is 2. The highest BCUT2D eigenvalue weighted by atomic mass is 127. The van der Waals surface area contributed by atoms with E-state index in [1.54, 1.807) is 0 Å². The molecule has 0 saturated heterocycles. The molecule has 0 spiro atoms. The van der Waals surface area contributed by atoms with Crippen LogP contribution in [0.3, 0.4) is 0 Å². The van der Waals surface area contributed by atoms with E-state index in [9.17, 15) is 0 Å². The van der Waals surface area contributed by atoms with Crippen LogP contribution in [-0.4, -0.2) is 32.6 Å². The Balaban J connectivity index is 2.47. The van der Waals surface area contributed by atoms with Gasteiger partial charge in [0.15, 0.2) is 0 Å². The van der Waals surface area contributed by atoms with Crippen molar-refractivity contribution < 1.29 is 9.16 Å². The smallest absolute Gasteiger partial charge is 0.261 e. The standard InChI is InChI=1S/C24H35IO2Si/c1-19(17-25)23(26-6)20(2)18-27-28(24(3,4)5,21-13-9-7-10-14-21)22-15-11-8-12-16-22/h7-16,19-20,23H,17-18H2,1-6H3/t19-,20-,23-/m0/s1. The van der Waals surface area contributed by atoms with Crippen molar-refractivity contribution in [2.24, 2.45) is 11.8 Å². The fraction of sp³-hybridized carbons (Fsp3) is 0.500. The number of methoxy groups -OCH3 is 1. The Morgan fingerprint density at radius 1 is 0.857 bits per heavy atom. The van der Waals surface area contributed by atoms with Crippen LogP contribution in [0.15, 0.2) is 60.7 Å². The Bertz CT molecular complexity index is 660. The molecule has 154 valence electrons. The number of hydrogen-bond acceptors (Lipinski definition) is 2. The molecule has 2 nitrogen and oxygen atoms in total. The molecule has 0 aliphatic heterocycles. The maximum atomic E-state index is 7.06. The summed E-state index contributed by atoms with van der Waals surface area (Å²) in [6.45, 7) is 12.2. The second-order valence-electron chi connectivity index (χ2n) is 8.78. The van der Waals surface area contributed by atoms with Crippen molar-refractivity contribution in [2.45, 2.75) is 45.8 Å². The van der Waals surface area contributed by atoms with Gasteiger partial charge in [-0.15, -0.1) is 0 Å². The SMILES string of the molecule is CO[C@@H]([C@@H](C)CI)[C@@H](C)CO[Si](c1ccccc1)(c1ccccc1)C(C)(C)C. The van der Waals surface area contributed by atoms with Crippen molar-refractivity contribution in [1.29, 1.82) is 0 Å². The van der Waals surface area contributed by atoms with Crippen molar-refractivity contribution >= 4 is 41.3 Å². The van der Waals surface area contributed by atoms with Gasteiger partial charge in [-0.3, -0.25) is 0 Å². The first-order valence-electron chi connectivity index (χ1n) is 10.1. The van der Waals surface area contributed by atoms with Gasteiger partial charge in [-0.25, -0.2) is 0 Å². The normalized spacial score (nSPS) is 15.8. The summed E-state index contributed by atoms with van der Waals surface area (Å²) < 4.78 is 14.0. The average Bonchev–Trinajstić information content (AvgIpc) is 2.69. The molecule has 0 fully saturated rings. The van der Waals surface area contributed by atoms with Gasteiger partial charge in [0.2, 0.25) is 0 Å². The molecule has 0 heterocycles. The second kappa shape index (κ2) is 10.4. The predicted molar refractivity (Wildman–Crippen MR) is 132 cm³/mol. The molecule has 0 aromatic heterocycles. The summed E-state index contributed by atoms with van der Waals surface area (Å²) in [5.74, 6) is 0.833. The Morgan fingerprint density at radius 2 is 1.32 bits per heavy atom. The molecule has 3 atom stereocenters. The lowest BCUT2D eigenvalue weighted by Gasteiger charge is -2.44. The molecule has 0 radical (unpaired) electrons. The number of halogens is 1. The summed E-state index contributed by atoms with van der Waals surface area (Å²) in [4.78, 5) is 0. The molecule has 0 saturated carbocycles. The lowest BCUT2D eigenvalue weighted by molar-refractivity contribution is 0.00778. The van der Waals surface area contributed by atoms with Crippen LogP contribution in [0.25, 0.3) is 0 Å². The molecule has 0 N–H and O–H groups in total. The Labute approximate surface area is 186 Å². The first kappa shape index (κ1) is 23.6. The van der Waals surface area contributed by atoms with E-state index < -0.39 is 8.32 Å². The second-order valence-corrected chi connectivity index (χ2v) is 14.0. The van der Waals surface area contributed by atoms with Gasteiger partial charge in [0.05, 0.1) is 6.10 Å². The highest BCUT2D eigenvalue weighted by Crippen LogP contribution is 2.37. The van der Waals surface area contributed by atoms with E-state index in [0.717, 1.165) is 4.43 Å². The molecule has 2 rings (SSSR count). The molecule has 2 aromatic rings. The lowest BCUT2D eigenvalue weighted by Crippen LogP contribution is -2.67. The fourth-order valence-corrected chi connectivity index (χ4v) is 9.40. The predicted octanol–water partition coefficient (Wildman–Crippen LogP) is 5.29. The van der Waals surface area contributed by atoms with E-state index in [1.807, 2.05) is 7.11 Å². The lowest BCUT2D eigenvalue weighted by atomic mass is 9.95. The van der Waals surface area contributed by atoms with Gasteiger partial charge in [0.25, 0.3) is 8.32 Å². The Kier molecular flexibility index (Phi) is 8.73. The fourth-order valence-electron chi connectivity index (χ4n) is 4.23. The zero-order chi connectivity index (χ0) is 20.8. The van der Waals surface area contributed by atoms with Gasteiger partial charge < -0.3 is 9.16 Å². The van der Waals surface area contributed by atoms with Crippen molar-refractivity contribution in [3.63, 3.8) is 0 Å². The average molecular weight is 511 g/mol. The van der Waals surface area contributed by atoms with Crippen LogP contribution in [0, 0.1) is 11.8 Å². The van der Waals surface area contributed by atoms with Gasteiger partial charge in [0.1, 0.15) is 0 Å². The minimum absolute atomic E-state index is 0.00682. The van der Waals surface area contributed by atoms with Gasteiger partial charge in [0, 0.05) is 24.1 Å². The van der Waals surface area contributed by atoms with Gasteiger partial charge in [-0.2, -0.15) is 0 Å². The first-order chi connectivity index (χ1) is 13.3. The van der Waals surface area contributed by atoms with E-state index in [2.05, 4.69) is 118 Å². The number of hydrogen-bond donors (Lipinski definition) is 0. The summed E-state index contributed by atoms with van der Waals surface area (Å²) in [5, 5.41) is 2.67. The maximum absolute atomic E-state index is 7.06. The first-order valence-corrected chi connectivity index (χ1v) is 13.5. The van der Waals surface area contributed by atoms with Crippen molar-refractivity contribution in [3.05, 3.63) is 60.7 Å². The van der Waals surface area contributed by atoms with E-state index in [1.165, 1.54) is 10.4 Å². The van der Waals surface area contributed by atoms with Crippen molar-refractivity contribution in [2.75, 3.05) is 18.1 Å². The highest BCUT2D eigenvalue weighted by molar-refractivity contribution is 14.1. The molecule has 0 amide bonds. The van der Waals surface area contributed by atoms with Crippen LogP contribution in [-0.2, 0) is 9.16 Å². The summed E-state index contributed by atoms with van der Waals surface area (Å²) in [5.41, 5.74) is 0. The Hall–Kier alpha value is -0.693. The molecular weight excluding hydrogens is 475 g/mol. The van der Waals surface area contributed by atoms with E-state index in [-0.39, 0.29) is 11.1 Å². The van der Waals surface area contributed by atoms with E-state index in [4.69, 9.17) is 9.16 Å². The molecule has 28 heavy (non-hydrogen) atoms. The zero-order valence-corrected chi connectivity index (χ0v) is 21.3. The molecule has 0 aliphatic rings. The quantitative estimate of drug-likeness (QED) is 0.260. The maximum Gasteiger partial charge on any atom is 0.261 e. The summed E-state index contributed by atoms with van der Waals surface area (Å²) in [7, 11) is -0.647. The van der Waals surface area contributed by atoms with Crippen LogP contribution in [0.2, 0.25) is 5.04 Å². The summed E-state index contributed by atoms with van der Waals surface area (Å²) >= 11 is 2.45. The van der Waals surface area contributed by atoms with Gasteiger partial charge in [-0.1, -0.05) is 118 Å². The van der Waals surface area contributed by atoms with E-state index >= 15 is 0 Å². The summed E-state index contributed by atoms with van der Waals surface area (Å²) in [6.07, 6.45) is 0.204. The topological polar surface area (TPSA) is 18.5 Å². The van der Waals surface area contributed by atoms with Crippen LogP contribution in [0.1, 0.15) is 34.6 Å². The van der Waals surface area contributed by atoms with E-state index in [0.29, 0.717) is 18.4 Å². The highest BCUT2D eigenvalue weighted by Gasteiger charge is 2.50. The van der Waals surface area contributed by atoms with Crippen LogP contribution in [0.5, 0.6) is 0 Å². The molecule has 2 aromatic carbocycles. The van der Waals surface area contributed by atoms with Gasteiger partial charge in [-0.05, 0) is 21.3 Å². The molecular formula is C24H35IO2Si. The number of rotatable bonds is 9. The molecule has 0 aliphatic carbocycles. The Morgan fingerprint density at radius 3 is 1.68 bits per heavy atom. The molecule has 0 unspecified atom stereocenters. The minimum Gasteiger partial charge on any atom is -0.407 e. The van der Waals surface area contributed by atoms with Gasteiger partial charge >= 0.3 is 0 Å². The third-order valence-corrected chi connectivity index (χ3v) is 12.0. The summed E-state index contributed by atoms with van der Waals surface area (Å²) in [6, 6.07) is 21.7. The number of ether oxygens (including phenoxy) is 1. The zero-order valence-electron chi connectivity index (χ0n) is 18.1. The number of alkyl halides is 1. The third-order valence-electron chi connectivity index (χ3n) is 5.62. The van der Waals surface area contributed by atoms with Crippen LogP contribution in [0.4, 0.5) is 0 Å². The van der Waals surface area contributed by atoms with Crippen LogP contribution >= 0.6 is 22.6 Å². The minimum atomic E-state index is -2.47.